The van der Waals surface area contributed by atoms with Crippen molar-refractivity contribution < 1.29 is 4.74 Å². The van der Waals surface area contributed by atoms with Gasteiger partial charge in [0.25, 0.3) is 0 Å². The van der Waals surface area contributed by atoms with Crippen molar-refractivity contribution in [1.82, 2.24) is 20.1 Å². The first kappa shape index (κ1) is 12.4. The van der Waals surface area contributed by atoms with Crippen LogP contribution in [0.4, 0.5) is 0 Å². The van der Waals surface area contributed by atoms with Crippen LogP contribution in [0.3, 0.4) is 0 Å². The fourth-order valence-corrected chi connectivity index (χ4v) is 2.64. The molecule has 0 saturated carbocycles. The zero-order valence-corrected chi connectivity index (χ0v) is 11.4. The summed E-state index contributed by atoms with van der Waals surface area (Å²) >= 11 is 6.16. The molecule has 2 aromatic rings. The maximum Gasteiger partial charge on any atom is 0.154 e. The van der Waals surface area contributed by atoms with Crippen molar-refractivity contribution in [2.24, 2.45) is 0 Å². The van der Waals surface area contributed by atoms with Gasteiger partial charge in [0.15, 0.2) is 5.82 Å². The Balaban J connectivity index is 1.98. The fraction of sp³-hybridized carbons (Fsp3) is 0.385. The maximum atomic E-state index is 6.16. The van der Waals surface area contributed by atoms with Gasteiger partial charge in [0.1, 0.15) is 12.1 Å². The summed E-state index contributed by atoms with van der Waals surface area (Å²) in [6.45, 7) is 1.03. The van der Waals surface area contributed by atoms with Crippen LogP contribution in [0.2, 0.25) is 5.02 Å². The van der Waals surface area contributed by atoms with E-state index >= 15 is 0 Å². The highest BCUT2D eigenvalue weighted by molar-refractivity contribution is 6.32. The number of methoxy groups -OCH3 is 1. The standard InChI is InChI=1S/C13H15ClN4O/c1-19-12-5-4-9(7-10(12)14)18-8-16-17-13(18)11-3-2-6-15-11/h4-5,7-8,11,15H,2-3,6H2,1H3. The Bertz CT molecular complexity index is 578. The smallest absolute Gasteiger partial charge is 0.154 e. The van der Waals surface area contributed by atoms with E-state index in [1.165, 1.54) is 6.42 Å². The summed E-state index contributed by atoms with van der Waals surface area (Å²) in [6.07, 6.45) is 3.97. The van der Waals surface area contributed by atoms with Crippen molar-refractivity contribution in [3.05, 3.63) is 35.4 Å². The van der Waals surface area contributed by atoms with E-state index in [9.17, 15) is 0 Å². The lowest BCUT2D eigenvalue weighted by Crippen LogP contribution is -2.17. The number of rotatable bonds is 3. The van der Waals surface area contributed by atoms with E-state index in [0.717, 1.165) is 24.5 Å². The molecule has 0 aliphatic carbocycles. The molecule has 5 nitrogen and oxygen atoms in total. The number of nitrogens with one attached hydrogen (secondary N) is 1. The summed E-state index contributed by atoms with van der Waals surface area (Å²) in [5.74, 6) is 1.60. The summed E-state index contributed by atoms with van der Waals surface area (Å²) < 4.78 is 7.13. The molecule has 1 atom stereocenters. The molecule has 0 spiro atoms. The molecule has 100 valence electrons. The van der Waals surface area contributed by atoms with Crippen molar-refractivity contribution in [3.8, 4) is 11.4 Å². The number of hydrogen-bond acceptors (Lipinski definition) is 4. The van der Waals surface area contributed by atoms with Gasteiger partial charge in [0.2, 0.25) is 0 Å². The van der Waals surface area contributed by atoms with Gasteiger partial charge in [0.05, 0.1) is 23.9 Å². The van der Waals surface area contributed by atoms with Crippen molar-refractivity contribution in [2.75, 3.05) is 13.7 Å². The Morgan fingerprint density at radius 1 is 1.47 bits per heavy atom. The van der Waals surface area contributed by atoms with Crippen molar-refractivity contribution in [1.29, 1.82) is 0 Å². The predicted molar refractivity (Wildman–Crippen MR) is 72.9 cm³/mol. The van der Waals surface area contributed by atoms with Gasteiger partial charge >= 0.3 is 0 Å². The molecule has 1 saturated heterocycles. The van der Waals surface area contributed by atoms with Gasteiger partial charge in [-0.25, -0.2) is 0 Å². The first-order chi connectivity index (χ1) is 9.29. The molecular formula is C13H15ClN4O. The molecule has 1 N–H and O–H groups in total. The Hall–Kier alpha value is -1.59. The number of benzene rings is 1. The summed E-state index contributed by atoms with van der Waals surface area (Å²) in [6, 6.07) is 5.93. The summed E-state index contributed by atoms with van der Waals surface area (Å²) in [5, 5.41) is 12.2. The lowest BCUT2D eigenvalue weighted by molar-refractivity contribution is 0.415. The molecule has 3 rings (SSSR count). The van der Waals surface area contributed by atoms with Crippen LogP contribution >= 0.6 is 11.6 Å². The molecule has 1 fully saturated rings. The SMILES string of the molecule is COc1ccc(-n2cnnc2C2CCCN2)cc1Cl. The fourth-order valence-electron chi connectivity index (χ4n) is 2.39. The minimum Gasteiger partial charge on any atom is -0.495 e. The van der Waals surface area contributed by atoms with E-state index in [4.69, 9.17) is 16.3 Å². The normalized spacial score (nSPS) is 18.7. The van der Waals surface area contributed by atoms with Gasteiger partial charge in [0, 0.05) is 0 Å². The molecule has 0 radical (unpaired) electrons. The van der Waals surface area contributed by atoms with E-state index in [0.29, 0.717) is 10.8 Å². The third-order valence-corrected chi connectivity index (χ3v) is 3.66. The molecule has 1 unspecified atom stereocenters. The van der Waals surface area contributed by atoms with E-state index < -0.39 is 0 Å². The maximum absolute atomic E-state index is 6.16. The van der Waals surface area contributed by atoms with Crippen LogP contribution in [0, 0.1) is 0 Å². The van der Waals surface area contributed by atoms with Crippen LogP contribution in [0.15, 0.2) is 24.5 Å². The van der Waals surface area contributed by atoms with Gasteiger partial charge in [-0.05, 0) is 37.6 Å². The third-order valence-electron chi connectivity index (χ3n) is 3.36. The molecule has 1 aliphatic rings. The van der Waals surface area contributed by atoms with Gasteiger partial charge < -0.3 is 10.1 Å². The average molecular weight is 279 g/mol. The quantitative estimate of drug-likeness (QED) is 0.936. The van der Waals surface area contributed by atoms with Crippen molar-refractivity contribution >= 4 is 11.6 Å². The Kier molecular flexibility index (Phi) is 3.40. The lowest BCUT2D eigenvalue weighted by Gasteiger charge is -2.13. The number of nitrogens with zero attached hydrogens (tertiary/aromatic N) is 3. The van der Waals surface area contributed by atoms with Crippen LogP contribution in [-0.4, -0.2) is 28.4 Å². The van der Waals surface area contributed by atoms with Crippen LogP contribution in [0.25, 0.3) is 5.69 Å². The van der Waals surface area contributed by atoms with Crippen molar-refractivity contribution in [3.63, 3.8) is 0 Å². The van der Waals surface area contributed by atoms with Gasteiger partial charge in [-0.3, -0.25) is 4.57 Å². The van der Waals surface area contributed by atoms with E-state index in [1.807, 2.05) is 22.8 Å². The third kappa shape index (κ3) is 2.31. The summed E-state index contributed by atoms with van der Waals surface area (Å²) in [4.78, 5) is 0. The average Bonchev–Trinajstić information content (AvgIpc) is 3.09. The van der Waals surface area contributed by atoms with E-state index in [2.05, 4.69) is 15.5 Å². The van der Waals surface area contributed by atoms with Crippen LogP contribution in [0.5, 0.6) is 5.75 Å². The number of aromatic nitrogens is 3. The Morgan fingerprint density at radius 2 is 2.37 bits per heavy atom. The van der Waals surface area contributed by atoms with E-state index in [-0.39, 0.29) is 6.04 Å². The van der Waals surface area contributed by atoms with E-state index in [1.54, 1.807) is 13.4 Å². The minimum atomic E-state index is 0.267. The molecule has 2 heterocycles. The van der Waals surface area contributed by atoms with Gasteiger partial charge in [-0.15, -0.1) is 10.2 Å². The molecule has 6 heteroatoms. The molecule has 0 bridgehead atoms. The van der Waals surface area contributed by atoms with Gasteiger partial charge in [-0.2, -0.15) is 0 Å². The van der Waals surface area contributed by atoms with Crippen LogP contribution in [0.1, 0.15) is 24.7 Å². The zero-order chi connectivity index (χ0) is 13.2. The monoisotopic (exact) mass is 278 g/mol. The molecular weight excluding hydrogens is 264 g/mol. The van der Waals surface area contributed by atoms with Gasteiger partial charge in [-0.1, -0.05) is 11.6 Å². The highest BCUT2D eigenvalue weighted by Gasteiger charge is 2.22. The second-order valence-corrected chi connectivity index (χ2v) is 4.93. The molecule has 1 aromatic heterocycles. The highest BCUT2D eigenvalue weighted by atomic mass is 35.5. The second-order valence-electron chi connectivity index (χ2n) is 4.53. The Morgan fingerprint density at radius 3 is 3.05 bits per heavy atom. The first-order valence-corrected chi connectivity index (χ1v) is 6.64. The van der Waals surface area contributed by atoms with Crippen LogP contribution < -0.4 is 10.1 Å². The first-order valence-electron chi connectivity index (χ1n) is 6.27. The highest BCUT2D eigenvalue weighted by Crippen LogP contribution is 2.29. The largest absolute Gasteiger partial charge is 0.495 e. The summed E-state index contributed by atoms with van der Waals surface area (Å²) in [5.41, 5.74) is 0.944. The second kappa shape index (κ2) is 5.19. The number of ether oxygens (including phenoxy) is 1. The predicted octanol–water partition coefficient (Wildman–Crippen LogP) is 2.35. The lowest BCUT2D eigenvalue weighted by atomic mass is 10.2. The molecule has 0 amide bonds. The molecule has 1 aliphatic heterocycles. The summed E-state index contributed by atoms with van der Waals surface area (Å²) in [7, 11) is 1.60. The van der Waals surface area contributed by atoms with Crippen LogP contribution in [-0.2, 0) is 0 Å². The number of hydrogen-bond donors (Lipinski definition) is 1. The van der Waals surface area contributed by atoms with Crippen molar-refractivity contribution in [2.45, 2.75) is 18.9 Å². The zero-order valence-electron chi connectivity index (χ0n) is 10.6. The Labute approximate surface area is 116 Å². The molecule has 19 heavy (non-hydrogen) atoms. The minimum absolute atomic E-state index is 0.267. The molecule has 1 aromatic carbocycles. The number of halogens is 1. The topological polar surface area (TPSA) is 52.0 Å².